The van der Waals surface area contributed by atoms with Crippen molar-refractivity contribution in [1.29, 1.82) is 0 Å². The first-order valence-electron chi connectivity index (χ1n) is 37.2. The first-order valence-corrected chi connectivity index (χ1v) is 38.7. The lowest BCUT2D eigenvalue weighted by Gasteiger charge is -2.25. The van der Waals surface area contributed by atoms with Gasteiger partial charge in [-0.25, -0.2) is 4.57 Å². The largest absolute Gasteiger partial charge is 0.472 e. The molecule has 0 aliphatic rings. The zero-order chi connectivity index (χ0) is 65.5. The van der Waals surface area contributed by atoms with Gasteiger partial charge in [-0.3, -0.25) is 13.8 Å². The maximum absolute atomic E-state index is 13.1. The van der Waals surface area contributed by atoms with E-state index in [1.165, 1.54) is 167 Å². The molecule has 0 bridgehead atoms. The Bertz CT molecular complexity index is 1980. The van der Waals surface area contributed by atoms with Gasteiger partial charge in [0.15, 0.2) is 0 Å². The Labute approximate surface area is 557 Å². The fourth-order valence-electron chi connectivity index (χ4n) is 10.3. The molecule has 0 saturated heterocycles. The van der Waals surface area contributed by atoms with Crippen LogP contribution in [0.15, 0.2) is 146 Å². The number of unbranched alkanes of at least 4 members (excludes halogenated alkanes) is 32. The van der Waals surface area contributed by atoms with Gasteiger partial charge in [-0.2, -0.15) is 0 Å². The normalized spacial score (nSPS) is 14.4. The molecule has 516 valence electrons. The van der Waals surface area contributed by atoms with Gasteiger partial charge in [0.25, 0.3) is 0 Å². The van der Waals surface area contributed by atoms with Gasteiger partial charge in [-0.1, -0.05) is 339 Å². The summed E-state index contributed by atoms with van der Waals surface area (Å²) in [4.78, 5) is 23.4. The molecule has 0 aromatic heterocycles. The monoisotopic (exact) mass is 1270 g/mol. The average molecular weight is 1270 g/mol. The number of phosphoric ester groups is 1. The van der Waals surface area contributed by atoms with Crippen molar-refractivity contribution in [2.45, 2.75) is 321 Å². The quantitative estimate of drug-likeness (QED) is 0.0243. The summed E-state index contributed by atoms with van der Waals surface area (Å²) in [5.41, 5.74) is 0. The van der Waals surface area contributed by atoms with Crippen LogP contribution in [0.5, 0.6) is 0 Å². The van der Waals surface area contributed by atoms with Gasteiger partial charge >= 0.3 is 7.82 Å². The molecule has 0 radical (unpaired) electrons. The average Bonchev–Trinajstić information content (AvgIpc) is 3.18. The highest BCUT2D eigenvalue weighted by atomic mass is 31.2. The second-order valence-electron chi connectivity index (χ2n) is 25.9. The zero-order valence-corrected chi connectivity index (χ0v) is 60.0. The number of hydrogen-bond donors (Lipinski definition) is 3. The predicted octanol–water partition coefficient (Wildman–Crippen LogP) is 24.3. The van der Waals surface area contributed by atoms with E-state index in [2.05, 4.69) is 153 Å². The number of quaternary nitrogens is 1. The molecule has 3 unspecified atom stereocenters. The van der Waals surface area contributed by atoms with Crippen LogP contribution in [0.4, 0.5) is 0 Å². The highest BCUT2D eigenvalue weighted by Crippen LogP contribution is 2.43. The van der Waals surface area contributed by atoms with Gasteiger partial charge in [0.2, 0.25) is 5.91 Å². The predicted molar refractivity (Wildman–Crippen MR) is 396 cm³/mol. The second-order valence-corrected chi connectivity index (χ2v) is 27.4. The minimum Gasteiger partial charge on any atom is -0.387 e. The van der Waals surface area contributed by atoms with Crippen LogP contribution in [0.25, 0.3) is 0 Å². The molecule has 0 rings (SSSR count). The minimum absolute atomic E-state index is 0.0457. The fraction of sp³-hybridized carbons (Fsp3) is 0.691. The Hall–Kier alpha value is -3.62. The summed E-state index contributed by atoms with van der Waals surface area (Å²) in [5, 5.41) is 14.0. The van der Waals surface area contributed by atoms with E-state index in [1.807, 2.05) is 27.2 Å². The van der Waals surface area contributed by atoms with Crippen molar-refractivity contribution in [2.75, 3.05) is 40.9 Å². The minimum atomic E-state index is -4.38. The maximum Gasteiger partial charge on any atom is 0.472 e. The van der Waals surface area contributed by atoms with Crippen LogP contribution in [0.3, 0.4) is 0 Å². The lowest BCUT2D eigenvalue weighted by molar-refractivity contribution is -0.870. The number of carbonyl (C=O) groups is 1. The molecule has 0 aliphatic heterocycles. The van der Waals surface area contributed by atoms with Crippen molar-refractivity contribution >= 4 is 13.7 Å². The van der Waals surface area contributed by atoms with Crippen LogP contribution >= 0.6 is 7.82 Å². The summed E-state index contributed by atoms with van der Waals surface area (Å²) in [6, 6.07) is -0.885. The summed E-state index contributed by atoms with van der Waals surface area (Å²) in [7, 11) is 1.53. The number of amides is 1. The molecule has 3 atom stereocenters. The molecule has 3 N–H and O–H groups in total. The third-order valence-corrected chi connectivity index (χ3v) is 17.0. The van der Waals surface area contributed by atoms with E-state index in [0.717, 1.165) is 122 Å². The molecule has 0 aromatic rings. The molecule has 0 fully saturated rings. The van der Waals surface area contributed by atoms with Crippen LogP contribution < -0.4 is 5.32 Å². The summed E-state index contributed by atoms with van der Waals surface area (Å²) in [6.45, 7) is 4.68. The van der Waals surface area contributed by atoms with E-state index in [1.54, 1.807) is 6.08 Å². The molecular weight excluding hydrogens is 1130 g/mol. The van der Waals surface area contributed by atoms with Crippen molar-refractivity contribution < 1.29 is 32.9 Å². The molecule has 0 spiro atoms. The van der Waals surface area contributed by atoms with E-state index in [0.29, 0.717) is 17.4 Å². The number of aliphatic hydroxyl groups is 1. The Morgan fingerprint density at radius 3 is 1.02 bits per heavy atom. The smallest absolute Gasteiger partial charge is 0.387 e. The number of likely N-dealkylation sites (N-methyl/N-ethyl adjacent to an activating group) is 1. The zero-order valence-electron chi connectivity index (χ0n) is 59.1. The molecule has 0 heterocycles. The molecule has 90 heavy (non-hydrogen) atoms. The van der Waals surface area contributed by atoms with Gasteiger partial charge in [-0.15, -0.1) is 0 Å². The fourth-order valence-corrected chi connectivity index (χ4v) is 11.1. The topological polar surface area (TPSA) is 105 Å². The van der Waals surface area contributed by atoms with E-state index in [4.69, 9.17) is 9.05 Å². The van der Waals surface area contributed by atoms with Gasteiger partial charge in [0.05, 0.1) is 39.9 Å². The van der Waals surface area contributed by atoms with E-state index >= 15 is 0 Å². The Balaban J connectivity index is 4.18. The molecule has 0 aliphatic carbocycles. The van der Waals surface area contributed by atoms with Gasteiger partial charge in [-0.05, 0) is 109 Å². The number of hydrogen-bond acceptors (Lipinski definition) is 5. The number of rotatable bonds is 67. The SMILES string of the molecule is CC/C=C\C/C=C\C/C=C\C/C=C\C/C=C\C/C=C\C/C=C\C/C=C\C/C=C\C/C=C\CCCCCCCCC(=O)NC(COP(=O)(O)OCC[N+](C)(C)C)C(O)/C=C/CC/C=C/CCCCCCCCCCCCCCCCCCCCCCCCCCC. The van der Waals surface area contributed by atoms with Crippen LogP contribution in [-0.4, -0.2) is 73.4 Å². The van der Waals surface area contributed by atoms with Crippen LogP contribution in [0.2, 0.25) is 0 Å². The number of aliphatic hydroxyl groups excluding tert-OH is 1. The van der Waals surface area contributed by atoms with Crippen LogP contribution in [-0.2, 0) is 18.4 Å². The van der Waals surface area contributed by atoms with Crippen LogP contribution in [0, 0.1) is 0 Å². The van der Waals surface area contributed by atoms with Crippen molar-refractivity contribution in [3.63, 3.8) is 0 Å². The molecule has 8 nitrogen and oxygen atoms in total. The Morgan fingerprint density at radius 1 is 0.389 bits per heavy atom. The Morgan fingerprint density at radius 2 is 0.678 bits per heavy atom. The summed E-state index contributed by atoms with van der Waals surface area (Å²) in [5.74, 6) is -0.204. The van der Waals surface area contributed by atoms with Gasteiger partial charge in [0, 0.05) is 6.42 Å². The highest BCUT2D eigenvalue weighted by molar-refractivity contribution is 7.47. The first-order chi connectivity index (χ1) is 44.0. The summed E-state index contributed by atoms with van der Waals surface area (Å²) < 4.78 is 23.8. The highest BCUT2D eigenvalue weighted by Gasteiger charge is 2.28. The second kappa shape index (κ2) is 69.7. The number of carbonyl (C=O) groups excluding carboxylic acids is 1. The van der Waals surface area contributed by atoms with Crippen molar-refractivity contribution in [1.82, 2.24) is 5.32 Å². The molecule has 1 amide bonds. The Kier molecular flexibility index (Phi) is 66.9. The van der Waals surface area contributed by atoms with E-state index < -0.39 is 20.0 Å². The number of phosphoric acid groups is 1. The molecule has 0 aromatic carbocycles. The molecule has 0 saturated carbocycles. The first kappa shape index (κ1) is 86.4. The summed E-state index contributed by atoms with van der Waals surface area (Å²) >= 11 is 0. The number of allylic oxidation sites excluding steroid dienone is 23. The number of nitrogens with one attached hydrogen (secondary N) is 1. The lowest BCUT2D eigenvalue weighted by Crippen LogP contribution is -2.45. The van der Waals surface area contributed by atoms with Crippen molar-refractivity contribution in [2.24, 2.45) is 0 Å². The van der Waals surface area contributed by atoms with Crippen molar-refractivity contribution in [3.8, 4) is 0 Å². The molecular formula is C81H142N2O6P+. The lowest BCUT2D eigenvalue weighted by atomic mass is 10.0. The van der Waals surface area contributed by atoms with E-state index in [-0.39, 0.29) is 19.1 Å². The molecule has 9 heteroatoms. The van der Waals surface area contributed by atoms with Crippen LogP contribution in [0.1, 0.15) is 309 Å². The third-order valence-electron chi connectivity index (χ3n) is 16.0. The standard InChI is InChI=1S/C81H141N2O6P/c1-6-8-10-12-14-16-18-20-22-24-26-28-30-32-34-36-38-39-40-41-42-43-45-47-49-51-53-55-57-59-61-63-65-67-69-71-73-75-81(85)82-79(78-89-90(86,87)88-77-76-83(3,4)5)80(84)74-72-70-68-66-64-62-60-58-56-54-52-50-48-46-44-37-35-33-31-29-27-25-23-21-19-17-15-13-11-9-7-2/h8,10,14,16,20,22,26,28,32,34,38-39,41-42,45,47,51,53,57,59,64,66,72,74,79-80,84H,6-7,9,11-13,15,17-19,21,23-25,27,29-31,33,35-37,40,43-44,46,48-50,52,54-56,58,60-63,65,67-71,73,75-78H2,1-5H3,(H-,82,85,86,87)/p+1/b10-8-,16-14-,22-20-,28-26-,34-32-,39-38-,42-41-,47-45-,53-51-,59-57-,66-64+,74-72+. The van der Waals surface area contributed by atoms with Crippen molar-refractivity contribution in [3.05, 3.63) is 146 Å². The van der Waals surface area contributed by atoms with Gasteiger partial charge in [0.1, 0.15) is 13.2 Å². The van der Waals surface area contributed by atoms with E-state index in [9.17, 15) is 19.4 Å². The number of nitrogens with zero attached hydrogens (tertiary/aromatic N) is 1. The maximum atomic E-state index is 13.1. The third kappa shape index (κ3) is 71.8. The van der Waals surface area contributed by atoms with Gasteiger partial charge < -0.3 is 19.8 Å². The summed E-state index contributed by atoms with van der Waals surface area (Å²) in [6.07, 6.45) is 107.